The van der Waals surface area contributed by atoms with Gasteiger partial charge < -0.3 is 14.6 Å². The van der Waals surface area contributed by atoms with Gasteiger partial charge in [0.25, 0.3) is 5.91 Å². The summed E-state index contributed by atoms with van der Waals surface area (Å²) < 4.78 is 8.86. The normalized spacial score (nSPS) is 10.9. The first-order valence-electron chi connectivity index (χ1n) is 9.60. The van der Waals surface area contributed by atoms with Crippen LogP contribution in [-0.2, 0) is 23.1 Å². The quantitative estimate of drug-likeness (QED) is 0.501. The van der Waals surface area contributed by atoms with Crippen molar-refractivity contribution >= 4 is 28.6 Å². The van der Waals surface area contributed by atoms with Gasteiger partial charge in [0.1, 0.15) is 5.82 Å². The maximum atomic E-state index is 12.7. The summed E-state index contributed by atoms with van der Waals surface area (Å²) in [4.78, 5) is 24.9. The molecule has 2 aromatic carbocycles. The van der Waals surface area contributed by atoms with E-state index in [0.717, 1.165) is 22.2 Å². The number of esters is 1. The number of para-hydroxylation sites is 1. The number of carbonyl (C=O) groups excluding carboxylic acids is 2. The van der Waals surface area contributed by atoms with Crippen LogP contribution in [0.2, 0.25) is 0 Å². The summed E-state index contributed by atoms with van der Waals surface area (Å²) in [5.41, 5.74) is 3.29. The first-order chi connectivity index (χ1) is 14.5. The lowest BCUT2D eigenvalue weighted by Gasteiger charge is -2.06. The van der Waals surface area contributed by atoms with Crippen molar-refractivity contribution in [3.8, 4) is 0 Å². The van der Waals surface area contributed by atoms with Gasteiger partial charge in [-0.15, -0.1) is 0 Å². The van der Waals surface area contributed by atoms with Crippen molar-refractivity contribution in [1.29, 1.82) is 0 Å². The molecule has 0 spiro atoms. The molecule has 4 aromatic rings. The summed E-state index contributed by atoms with van der Waals surface area (Å²) >= 11 is 0. The van der Waals surface area contributed by atoms with Crippen LogP contribution in [0.15, 0.2) is 66.9 Å². The van der Waals surface area contributed by atoms with Gasteiger partial charge in [0.15, 0.2) is 6.61 Å². The van der Waals surface area contributed by atoms with Crippen LogP contribution in [0, 0.1) is 6.92 Å². The van der Waals surface area contributed by atoms with Crippen molar-refractivity contribution in [2.24, 2.45) is 7.05 Å². The predicted octanol–water partition coefficient (Wildman–Crippen LogP) is 3.53. The van der Waals surface area contributed by atoms with Gasteiger partial charge in [0.05, 0.1) is 11.3 Å². The molecule has 0 fully saturated rings. The van der Waals surface area contributed by atoms with Gasteiger partial charge in [-0.05, 0) is 18.6 Å². The van der Waals surface area contributed by atoms with Crippen LogP contribution in [0.3, 0.4) is 0 Å². The molecule has 2 aromatic heterocycles. The van der Waals surface area contributed by atoms with Crippen molar-refractivity contribution in [2.75, 3.05) is 11.9 Å². The van der Waals surface area contributed by atoms with Crippen LogP contribution < -0.4 is 5.32 Å². The summed E-state index contributed by atoms with van der Waals surface area (Å²) in [5, 5.41) is 7.65. The number of carbonyl (C=O) groups is 2. The van der Waals surface area contributed by atoms with Crippen LogP contribution in [0.4, 0.5) is 5.82 Å². The molecule has 0 saturated heterocycles. The molecule has 7 nitrogen and oxygen atoms in total. The SMILES string of the molecule is Cc1cc(NC(=O)COC(=O)c2cn(Cc3ccccc3)c3ccccc23)n(C)n1. The van der Waals surface area contributed by atoms with Crippen molar-refractivity contribution in [2.45, 2.75) is 13.5 Å². The Labute approximate surface area is 173 Å². The molecule has 0 radical (unpaired) electrons. The molecule has 0 bridgehead atoms. The van der Waals surface area contributed by atoms with E-state index in [-0.39, 0.29) is 6.61 Å². The van der Waals surface area contributed by atoms with E-state index in [1.807, 2.05) is 66.1 Å². The number of aryl methyl sites for hydroxylation is 2. The third-order valence-electron chi connectivity index (χ3n) is 4.81. The molecule has 1 amide bonds. The topological polar surface area (TPSA) is 78.1 Å². The van der Waals surface area contributed by atoms with E-state index in [4.69, 9.17) is 4.74 Å². The largest absolute Gasteiger partial charge is 0.452 e. The fourth-order valence-electron chi connectivity index (χ4n) is 3.44. The smallest absolute Gasteiger partial charge is 0.340 e. The Morgan fingerprint density at radius 3 is 2.53 bits per heavy atom. The second-order valence-corrected chi connectivity index (χ2v) is 7.09. The highest BCUT2D eigenvalue weighted by atomic mass is 16.5. The average Bonchev–Trinajstić information content (AvgIpc) is 3.26. The Morgan fingerprint density at radius 1 is 1.07 bits per heavy atom. The molecular formula is C23H22N4O3. The molecule has 7 heteroatoms. The zero-order chi connectivity index (χ0) is 21.1. The molecule has 1 N–H and O–H groups in total. The first-order valence-corrected chi connectivity index (χ1v) is 9.60. The Hall–Kier alpha value is -3.87. The summed E-state index contributed by atoms with van der Waals surface area (Å²) in [6, 6.07) is 19.4. The molecular weight excluding hydrogens is 380 g/mol. The van der Waals surface area contributed by atoms with E-state index < -0.39 is 11.9 Å². The number of anilines is 1. The van der Waals surface area contributed by atoms with E-state index in [0.29, 0.717) is 17.9 Å². The number of fused-ring (bicyclic) bond motifs is 1. The summed E-state index contributed by atoms with van der Waals surface area (Å²) in [5.74, 6) is -0.401. The van der Waals surface area contributed by atoms with Gasteiger partial charge in [-0.2, -0.15) is 5.10 Å². The molecule has 0 aliphatic rings. The van der Waals surface area contributed by atoms with E-state index >= 15 is 0 Å². The van der Waals surface area contributed by atoms with E-state index in [1.165, 1.54) is 0 Å². The predicted molar refractivity (Wildman–Crippen MR) is 114 cm³/mol. The summed E-state index contributed by atoms with van der Waals surface area (Å²) in [6.07, 6.45) is 1.78. The summed E-state index contributed by atoms with van der Waals surface area (Å²) in [7, 11) is 1.73. The number of rotatable bonds is 6. The van der Waals surface area contributed by atoms with Crippen molar-refractivity contribution in [3.05, 3.63) is 83.7 Å². The zero-order valence-electron chi connectivity index (χ0n) is 16.8. The highest BCUT2D eigenvalue weighted by Gasteiger charge is 2.18. The average molecular weight is 402 g/mol. The Bertz CT molecular complexity index is 1210. The zero-order valence-corrected chi connectivity index (χ0v) is 16.8. The molecule has 30 heavy (non-hydrogen) atoms. The highest BCUT2D eigenvalue weighted by molar-refractivity contribution is 6.05. The molecule has 0 aliphatic carbocycles. The second kappa shape index (κ2) is 8.24. The number of benzene rings is 2. The first kappa shape index (κ1) is 19.4. The number of nitrogens with one attached hydrogen (secondary N) is 1. The monoisotopic (exact) mass is 402 g/mol. The lowest BCUT2D eigenvalue weighted by atomic mass is 10.2. The van der Waals surface area contributed by atoms with Crippen LogP contribution in [0.25, 0.3) is 10.9 Å². The number of aromatic nitrogens is 3. The minimum absolute atomic E-state index is 0.374. The standard InChI is InChI=1S/C23H22N4O3/c1-16-12-21(26(2)25-16)24-22(28)15-30-23(29)19-14-27(13-17-8-4-3-5-9-17)20-11-7-6-10-18(19)20/h3-12,14H,13,15H2,1-2H3,(H,24,28). The van der Waals surface area contributed by atoms with Crippen molar-refractivity contribution in [1.82, 2.24) is 14.3 Å². The molecule has 0 unspecified atom stereocenters. The Kier molecular flexibility index (Phi) is 5.34. The number of amides is 1. The van der Waals surface area contributed by atoms with Crippen LogP contribution in [-0.4, -0.2) is 32.8 Å². The number of ether oxygens (including phenoxy) is 1. The molecule has 152 valence electrons. The van der Waals surface area contributed by atoms with E-state index in [2.05, 4.69) is 10.4 Å². The van der Waals surface area contributed by atoms with Gasteiger partial charge >= 0.3 is 5.97 Å². The molecule has 0 atom stereocenters. The van der Waals surface area contributed by atoms with Crippen LogP contribution >= 0.6 is 0 Å². The number of hydrogen-bond acceptors (Lipinski definition) is 4. The second-order valence-electron chi connectivity index (χ2n) is 7.09. The number of hydrogen-bond donors (Lipinski definition) is 1. The Balaban J connectivity index is 1.49. The maximum Gasteiger partial charge on any atom is 0.340 e. The van der Waals surface area contributed by atoms with E-state index in [1.54, 1.807) is 24.0 Å². The van der Waals surface area contributed by atoms with Gasteiger partial charge in [-0.1, -0.05) is 48.5 Å². The number of nitrogens with zero attached hydrogens (tertiary/aromatic N) is 3. The van der Waals surface area contributed by atoms with Gasteiger partial charge in [-0.25, -0.2) is 4.79 Å². The van der Waals surface area contributed by atoms with Crippen LogP contribution in [0.5, 0.6) is 0 Å². The molecule has 2 heterocycles. The van der Waals surface area contributed by atoms with Crippen molar-refractivity contribution in [3.63, 3.8) is 0 Å². The van der Waals surface area contributed by atoms with Crippen molar-refractivity contribution < 1.29 is 14.3 Å². The maximum absolute atomic E-state index is 12.7. The Morgan fingerprint density at radius 2 is 1.80 bits per heavy atom. The van der Waals surface area contributed by atoms with Gasteiger partial charge in [0, 0.05) is 36.8 Å². The van der Waals surface area contributed by atoms with E-state index in [9.17, 15) is 9.59 Å². The van der Waals surface area contributed by atoms with Gasteiger partial charge in [-0.3, -0.25) is 9.48 Å². The molecule has 0 aliphatic heterocycles. The lowest BCUT2D eigenvalue weighted by molar-refractivity contribution is -0.119. The third kappa shape index (κ3) is 4.10. The third-order valence-corrected chi connectivity index (χ3v) is 4.81. The van der Waals surface area contributed by atoms with Crippen LogP contribution in [0.1, 0.15) is 21.6 Å². The summed E-state index contributed by atoms with van der Waals surface area (Å²) in [6.45, 7) is 2.09. The fourth-order valence-corrected chi connectivity index (χ4v) is 3.44. The molecule has 0 saturated carbocycles. The fraction of sp³-hybridized carbons (Fsp3) is 0.174. The minimum atomic E-state index is -0.533. The lowest BCUT2D eigenvalue weighted by Crippen LogP contribution is -2.22. The minimum Gasteiger partial charge on any atom is -0.452 e. The highest BCUT2D eigenvalue weighted by Crippen LogP contribution is 2.23. The molecule has 4 rings (SSSR count). The van der Waals surface area contributed by atoms with Gasteiger partial charge in [0.2, 0.25) is 0 Å².